The monoisotopic (exact) mass is 512 g/mol. The zero-order chi connectivity index (χ0) is 25.6. The van der Waals surface area contributed by atoms with Crippen molar-refractivity contribution in [3.05, 3.63) is 0 Å². The van der Waals surface area contributed by atoms with Crippen molar-refractivity contribution < 1.29 is 61.3 Å². The van der Waals surface area contributed by atoms with Gasteiger partial charge in [-0.25, -0.2) is 0 Å². The van der Waals surface area contributed by atoms with Crippen LogP contribution in [0.15, 0.2) is 0 Å². The van der Waals surface area contributed by atoms with Gasteiger partial charge in [-0.05, 0) is 25.7 Å². The van der Waals surface area contributed by atoms with Gasteiger partial charge < -0.3 is 20.4 Å². The average molecular weight is 513 g/mol. The van der Waals surface area contributed by atoms with Gasteiger partial charge in [-0.1, -0.05) is 79.1 Å². The molecule has 0 fully saturated rings. The van der Waals surface area contributed by atoms with Crippen LogP contribution in [0.2, 0.25) is 0 Å². The average Bonchev–Trinajstić information content (AvgIpc) is 2.69. The van der Waals surface area contributed by atoms with Gasteiger partial charge in [-0.15, -0.1) is 0 Å². The molecule has 4 N–H and O–H groups in total. The first kappa shape index (κ1) is 41.8. The van der Waals surface area contributed by atoms with Gasteiger partial charge >= 0.3 is 23.9 Å². The number of rotatable bonds is 16. The minimum absolute atomic E-state index is 0. The second-order valence-corrected chi connectivity index (χ2v) is 7.40. The summed E-state index contributed by atoms with van der Waals surface area (Å²) in [5.41, 5.74) is 0. The molecule has 0 atom stereocenters. The number of aliphatic carboxylic acids is 4. The Morgan fingerprint density at radius 2 is 0.545 bits per heavy atom. The zero-order valence-electron chi connectivity index (χ0n) is 21.2. The van der Waals surface area contributed by atoms with Crippen LogP contribution in [0.25, 0.3) is 0 Å². The normalized spacial score (nSPS) is 8.85. The van der Waals surface area contributed by atoms with Crippen LogP contribution in [0.3, 0.4) is 0 Å². The molecule has 33 heavy (non-hydrogen) atoms. The number of hydrogen-bond donors (Lipinski definition) is 4. The summed E-state index contributed by atoms with van der Waals surface area (Å²) in [7, 11) is 0. The molecule has 0 aromatic carbocycles. The molecule has 0 spiro atoms. The van der Waals surface area contributed by atoms with Crippen molar-refractivity contribution >= 4 is 23.9 Å². The molecule has 196 valence electrons. The van der Waals surface area contributed by atoms with Crippen LogP contribution in [0.5, 0.6) is 0 Å². The van der Waals surface area contributed by atoms with Crippen LogP contribution in [0, 0.1) is 0 Å². The molecule has 0 aromatic rings. The van der Waals surface area contributed by atoms with Crippen LogP contribution in [-0.2, 0) is 40.9 Å². The Morgan fingerprint density at radius 3 is 0.636 bits per heavy atom. The largest absolute Gasteiger partial charge is 0.481 e. The van der Waals surface area contributed by atoms with Gasteiger partial charge in [-0.2, -0.15) is 0 Å². The van der Waals surface area contributed by atoms with Crippen molar-refractivity contribution in [3.8, 4) is 0 Å². The van der Waals surface area contributed by atoms with E-state index in [-0.39, 0.29) is 21.7 Å². The van der Waals surface area contributed by atoms with E-state index in [9.17, 15) is 19.2 Å². The number of hydrogen-bond acceptors (Lipinski definition) is 4. The van der Waals surface area contributed by atoms with Crippen LogP contribution in [0.4, 0.5) is 0 Å². The molecule has 0 saturated heterocycles. The van der Waals surface area contributed by atoms with Gasteiger partial charge in [0.1, 0.15) is 0 Å². The summed E-state index contributed by atoms with van der Waals surface area (Å²) in [5.74, 6) is -2.73. The first-order valence-corrected chi connectivity index (χ1v) is 12.0. The quantitative estimate of drug-likeness (QED) is 0.133. The second-order valence-electron chi connectivity index (χ2n) is 7.40. The van der Waals surface area contributed by atoms with Crippen molar-refractivity contribution in [2.75, 3.05) is 0 Å². The molecule has 8 nitrogen and oxygen atoms in total. The van der Waals surface area contributed by atoms with E-state index in [4.69, 9.17) is 20.4 Å². The maximum Gasteiger partial charge on any atom is 0.303 e. The first-order chi connectivity index (χ1) is 15.1. The van der Waals surface area contributed by atoms with Gasteiger partial charge in [0.2, 0.25) is 0 Å². The van der Waals surface area contributed by atoms with Crippen molar-refractivity contribution in [3.63, 3.8) is 0 Å². The fourth-order valence-electron chi connectivity index (χ4n) is 2.10. The maximum atomic E-state index is 9.87. The number of carboxylic acid groups (broad SMARTS) is 4. The van der Waals surface area contributed by atoms with E-state index in [0.29, 0.717) is 25.7 Å². The van der Waals surface area contributed by atoms with E-state index >= 15 is 0 Å². The minimum Gasteiger partial charge on any atom is -0.481 e. The van der Waals surface area contributed by atoms with Crippen molar-refractivity contribution in [1.82, 2.24) is 0 Å². The third-order valence-corrected chi connectivity index (χ3v) is 3.98. The van der Waals surface area contributed by atoms with E-state index < -0.39 is 23.9 Å². The van der Waals surface area contributed by atoms with Gasteiger partial charge in [0.05, 0.1) is 0 Å². The van der Waals surface area contributed by atoms with E-state index in [2.05, 4.69) is 27.7 Å². The van der Waals surface area contributed by atoms with Gasteiger partial charge in [0.15, 0.2) is 0 Å². The molecule has 0 aliphatic heterocycles. The van der Waals surface area contributed by atoms with E-state index in [1.165, 1.54) is 0 Å². The Kier molecular flexibility index (Phi) is 48.0. The third-order valence-electron chi connectivity index (χ3n) is 3.98. The molecule has 0 saturated carbocycles. The molecule has 0 bridgehead atoms. The van der Waals surface area contributed by atoms with Crippen molar-refractivity contribution in [2.24, 2.45) is 0 Å². The zero-order valence-corrected chi connectivity index (χ0v) is 22.8. The summed E-state index contributed by atoms with van der Waals surface area (Å²) >= 11 is 0. The summed E-state index contributed by atoms with van der Waals surface area (Å²) < 4.78 is 0. The molecule has 0 aromatic heterocycles. The molecule has 0 heterocycles. The van der Waals surface area contributed by atoms with Crippen LogP contribution < -0.4 is 0 Å². The predicted molar refractivity (Wildman–Crippen MR) is 127 cm³/mol. The summed E-state index contributed by atoms with van der Waals surface area (Å²) in [6.45, 7) is 8.23. The predicted octanol–water partition coefficient (Wildman–Crippen LogP) is 6.60. The van der Waals surface area contributed by atoms with E-state index in [1.807, 2.05) is 0 Å². The molecule has 0 amide bonds. The molecule has 0 aliphatic carbocycles. The van der Waals surface area contributed by atoms with E-state index in [1.54, 1.807) is 0 Å². The Hall–Kier alpha value is -1.41. The summed E-state index contributed by atoms with van der Waals surface area (Å²) in [6, 6.07) is 0. The van der Waals surface area contributed by atoms with Gasteiger partial charge in [0, 0.05) is 47.4 Å². The second kappa shape index (κ2) is 37.9. The number of unbranched alkanes of at least 4 members (excludes halogenated alkanes) is 8. The Bertz CT molecular complexity index is 362. The Morgan fingerprint density at radius 1 is 0.394 bits per heavy atom. The van der Waals surface area contributed by atoms with Crippen molar-refractivity contribution in [2.45, 2.75) is 130 Å². The summed E-state index contributed by atoms with van der Waals surface area (Å²) in [4.78, 5) is 39.5. The van der Waals surface area contributed by atoms with Gasteiger partial charge in [-0.3, -0.25) is 19.2 Å². The molecular formula is C24H48O8Ti. The molecule has 0 rings (SSSR count). The fourth-order valence-corrected chi connectivity index (χ4v) is 2.10. The topological polar surface area (TPSA) is 149 Å². The maximum absolute atomic E-state index is 9.87. The van der Waals surface area contributed by atoms with Gasteiger partial charge in [0.25, 0.3) is 0 Å². The molecule has 0 unspecified atom stereocenters. The molecule has 0 radical (unpaired) electrons. The van der Waals surface area contributed by atoms with Crippen LogP contribution in [-0.4, -0.2) is 44.3 Å². The standard InChI is InChI=1S/4C6H12O2.Ti/c4*1-2-3-4-5-6(7)8;/h4*2-5H2,1H3,(H,7,8);. The van der Waals surface area contributed by atoms with Crippen molar-refractivity contribution in [1.29, 1.82) is 0 Å². The summed E-state index contributed by atoms with van der Waals surface area (Å²) in [6.07, 6.45) is 13.1. The number of carboxylic acids is 4. The molecule has 0 aliphatic rings. The van der Waals surface area contributed by atoms with Crippen LogP contribution >= 0.6 is 0 Å². The fraction of sp³-hybridized carbons (Fsp3) is 0.833. The first-order valence-electron chi connectivity index (χ1n) is 12.0. The van der Waals surface area contributed by atoms with E-state index in [0.717, 1.165) is 77.0 Å². The Labute approximate surface area is 215 Å². The summed E-state index contributed by atoms with van der Waals surface area (Å²) in [5, 5.41) is 32.6. The molecule has 9 heteroatoms. The smallest absolute Gasteiger partial charge is 0.303 e. The number of carbonyl (C=O) groups is 4. The molecular weight excluding hydrogens is 464 g/mol. The SMILES string of the molecule is CCCCCC(=O)O.CCCCCC(=O)O.CCCCCC(=O)O.CCCCCC(=O)O.[Ti]. The van der Waals surface area contributed by atoms with Crippen LogP contribution in [0.1, 0.15) is 130 Å². The Balaban J connectivity index is -0.000000105. The third kappa shape index (κ3) is 72.4. The minimum atomic E-state index is -0.682.